The molecular weight excluding hydrogens is 279 g/mol. The molecule has 0 bridgehead atoms. The Morgan fingerprint density at radius 3 is 2.55 bits per heavy atom. The quantitative estimate of drug-likeness (QED) is 0.733. The highest BCUT2D eigenvalue weighted by Gasteiger charge is 2.64. The molecule has 0 heterocycles. The van der Waals surface area contributed by atoms with Crippen LogP contribution in [0.5, 0.6) is 0 Å². The fourth-order valence-corrected chi connectivity index (χ4v) is 6.83. The SMILES string of the molecule is CC1(O)CC[C@H]2[C@@H]3CCC4CC(=O)CC[C@]4(F)[C@H]3CC[C@@]21C. The van der Waals surface area contributed by atoms with Crippen LogP contribution in [0.3, 0.4) is 0 Å². The molecule has 4 fully saturated rings. The van der Waals surface area contributed by atoms with Gasteiger partial charge >= 0.3 is 0 Å². The van der Waals surface area contributed by atoms with Gasteiger partial charge in [-0.05, 0) is 75.0 Å². The molecule has 4 rings (SSSR count). The summed E-state index contributed by atoms with van der Waals surface area (Å²) in [5.74, 6) is 1.25. The Balaban J connectivity index is 1.65. The van der Waals surface area contributed by atoms with Crippen molar-refractivity contribution in [3.05, 3.63) is 0 Å². The third-order valence-corrected chi connectivity index (χ3v) is 8.40. The molecule has 3 heteroatoms. The number of halogens is 1. The molecule has 0 aliphatic heterocycles. The number of ketones is 1. The van der Waals surface area contributed by atoms with E-state index in [0.717, 1.165) is 38.5 Å². The van der Waals surface area contributed by atoms with Crippen molar-refractivity contribution >= 4 is 5.78 Å². The summed E-state index contributed by atoms with van der Waals surface area (Å²) in [6.45, 7) is 4.23. The molecule has 22 heavy (non-hydrogen) atoms. The first-order chi connectivity index (χ1) is 10.3. The molecule has 4 saturated carbocycles. The molecule has 0 amide bonds. The molecule has 4 aliphatic carbocycles. The van der Waals surface area contributed by atoms with Crippen LogP contribution >= 0.6 is 0 Å². The Labute approximate surface area is 132 Å². The number of rotatable bonds is 0. The third-order valence-electron chi connectivity index (χ3n) is 8.40. The Morgan fingerprint density at radius 1 is 1.05 bits per heavy atom. The second-order valence-electron chi connectivity index (χ2n) is 9.09. The fraction of sp³-hybridized carbons (Fsp3) is 0.947. The van der Waals surface area contributed by atoms with Crippen LogP contribution in [0.15, 0.2) is 0 Å². The van der Waals surface area contributed by atoms with Crippen molar-refractivity contribution in [2.75, 3.05) is 0 Å². The standard InChI is InChI=1S/C19H29FO2/c1-17-8-6-16-14(15(17)7-9-18(17,2)22)4-3-12-11-13(21)5-10-19(12,16)20/h12,14-16,22H,3-11H2,1-2H3/t12?,14-,15-,16-,17-,18?,19+/m0/s1. The predicted octanol–water partition coefficient (Wildman–Crippen LogP) is 4.05. The summed E-state index contributed by atoms with van der Waals surface area (Å²) >= 11 is 0. The average molecular weight is 308 g/mol. The topological polar surface area (TPSA) is 37.3 Å². The molecule has 2 nitrogen and oxygen atoms in total. The molecule has 124 valence electrons. The van der Waals surface area contributed by atoms with Gasteiger partial charge in [0.25, 0.3) is 0 Å². The minimum absolute atomic E-state index is 0.0266. The van der Waals surface area contributed by atoms with E-state index in [1.54, 1.807) is 0 Å². The smallest absolute Gasteiger partial charge is 0.133 e. The van der Waals surface area contributed by atoms with Crippen molar-refractivity contribution in [2.45, 2.75) is 82.9 Å². The minimum atomic E-state index is -1.10. The molecule has 0 aromatic heterocycles. The van der Waals surface area contributed by atoms with Crippen molar-refractivity contribution in [2.24, 2.45) is 29.1 Å². The molecule has 0 aromatic rings. The van der Waals surface area contributed by atoms with E-state index in [0.29, 0.717) is 31.1 Å². The van der Waals surface area contributed by atoms with Gasteiger partial charge in [0, 0.05) is 18.8 Å². The van der Waals surface area contributed by atoms with Crippen LogP contribution in [0.1, 0.15) is 71.6 Å². The van der Waals surface area contributed by atoms with E-state index in [1.165, 1.54) is 0 Å². The zero-order chi connectivity index (χ0) is 15.8. The maximum absolute atomic E-state index is 15.9. The van der Waals surface area contributed by atoms with Crippen molar-refractivity contribution in [1.29, 1.82) is 0 Å². The fourth-order valence-electron chi connectivity index (χ4n) is 6.83. The number of alkyl halides is 1. The zero-order valence-corrected chi connectivity index (χ0v) is 13.9. The lowest BCUT2D eigenvalue weighted by Gasteiger charge is -2.58. The molecule has 0 saturated heterocycles. The van der Waals surface area contributed by atoms with E-state index < -0.39 is 11.3 Å². The van der Waals surface area contributed by atoms with Gasteiger partial charge in [0.15, 0.2) is 0 Å². The van der Waals surface area contributed by atoms with Gasteiger partial charge in [-0.2, -0.15) is 0 Å². The molecule has 0 aromatic carbocycles. The number of hydrogen-bond donors (Lipinski definition) is 1. The monoisotopic (exact) mass is 308 g/mol. The Kier molecular flexibility index (Phi) is 3.13. The van der Waals surface area contributed by atoms with Crippen molar-refractivity contribution in [1.82, 2.24) is 0 Å². The maximum Gasteiger partial charge on any atom is 0.133 e. The summed E-state index contributed by atoms with van der Waals surface area (Å²) in [6, 6.07) is 0. The Hall–Kier alpha value is -0.440. The second-order valence-corrected chi connectivity index (χ2v) is 9.09. The van der Waals surface area contributed by atoms with E-state index >= 15 is 4.39 Å². The molecular formula is C19H29FO2. The van der Waals surface area contributed by atoms with Gasteiger partial charge < -0.3 is 5.11 Å². The lowest BCUT2D eigenvalue weighted by Crippen LogP contribution is -2.58. The van der Waals surface area contributed by atoms with Crippen molar-refractivity contribution in [3.63, 3.8) is 0 Å². The number of hydrogen-bond acceptors (Lipinski definition) is 2. The molecule has 1 N–H and O–H groups in total. The maximum atomic E-state index is 15.9. The lowest BCUT2D eigenvalue weighted by molar-refractivity contribution is -0.163. The Bertz CT molecular complexity index is 502. The highest BCUT2D eigenvalue weighted by Crippen LogP contribution is 2.66. The van der Waals surface area contributed by atoms with E-state index in [-0.39, 0.29) is 23.0 Å². The average Bonchev–Trinajstić information content (AvgIpc) is 2.70. The van der Waals surface area contributed by atoms with E-state index in [4.69, 9.17) is 0 Å². The first kappa shape index (κ1) is 15.1. The largest absolute Gasteiger partial charge is 0.390 e. The Morgan fingerprint density at radius 2 is 1.77 bits per heavy atom. The molecule has 0 spiro atoms. The highest BCUT2D eigenvalue weighted by atomic mass is 19.1. The van der Waals surface area contributed by atoms with Gasteiger partial charge in [0.1, 0.15) is 11.5 Å². The summed E-state index contributed by atoms with van der Waals surface area (Å²) in [7, 11) is 0. The van der Waals surface area contributed by atoms with Crippen LogP contribution in [-0.4, -0.2) is 22.2 Å². The van der Waals surface area contributed by atoms with E-state index in [9.17, 15) is 9.90 Å². The molecule has 2 unspecified atom stereocenters. The van der Waals surface area contributed by atoms with Gasteiger partial charge in [-0.25, -0.2) is 4.39 Å². The summed E-state index contributed by atoms with van der Waals surface area (Å²) < 4.78 is 15.9. The van der Waals surface area contributed by atoms with Gasteiger partial charge in [0.05, 0.1) is 5.60 Å². The summed E-state index contributed by atoms with van der Waals surface area (Å²) in [5.41, 5.74) is -1.74. The van der Waals surface area contributed by atoms with Crippen LogP contribution in [0.2, 0.25) is 0 Å². The van der Waals surface area contributed by atoms with Crippen molar-refractivity contribution in [3.8, 4) is 0 Å². The van der Waals surface area contributed by atoms with Crippen LogP contribution in [0, 0.1) is 29.1 Å². The van der Waals surface area contributed by atoms with E-state index in [2.05, 4.69) is 6.92 Å². The molecule has 0 radical (unpaired) electrons. The predicted molar refractivity (Wildman–Crippen MR) is 83.1 cm³/mol. The lowest BCUT2D eigenvalue weighted by atomic mass is 9.48. The zero-order valence-electron chi connectivity index (χ0n) is 13.9. The van der Waals surface area contributed by atoms with Crippen molar-refractivity contribution < 1.29 is 14.3 Å². The molecule has 4 aliphatic rings. The number of aliphatic hydroxyl groups is 1. The van der Waals surface area contributed by atoms with Crippen LogP contribution < -0.4 is 0 Å². The number of carbonyl (C=O) groups is 1. The van der Waals surface area contributed by atoms with Crippen LogP contribution in [-0.2, 0) is 4.79 Å². The second kappa shape index (κ2) is 4.55. The van der Waals surface area contributed by atoms with Gasteiger partial charge in [-0.15, -0.1) is 0 Å². The van der Waals surface area contributed by atoms with Gasteiger partial charge in [-0.1, -0.05) is 6.92 Å². The normalized spacial score (nSPS) is 57.9. The first-order valence-electron chi connectivity index (χ1n) is 9.21. The number of Topliss-reactive ketones (excluding diaryl/α,β-unsaturated/α-hetero) is 1. The molecule has 7 atom stereocenters. The minimum Gasteiger partial charge on any atom is -0.390 e. The van der Waals surface area contributed by atoms with Crippen LogP contribution in [0.25, 0.3) is 0 Å². The van der Waals surface area contributed by atoms with E-state index in [1.807, 2.05) is 6.92 Å². The first-order valence-corrected chi connectivity index (χ1v) is 9.21. The third kappa shape index (κ3) is 1.78. The van der Waals surface area contributed by atoms with Gasteiger partial charge in [-0.3, -0.25) is 4.79 Å². The summed E-state index contributed by atoms with van der Waals surface area (Å²) in [6.07, 6.45) is 7.05. The van der Waals surface area contributed by atoms with Gasteiger partial charge in [0.2, 0.25) is 0 Å². The highest BCUT2D eigenvalue weighted by molar-refractivity contribution is 5.79. The number of fused-ring (bicyclic) bond motifs is 5. The van der Waals surface area contributed by atoms with Crippen LogP contribution in [0.4, 0.5) is 4.39 Å². The summed E-state index contributed by atoms with van der Waals surface area (Å²) in [4.78, 5) is 11.7. The summed E-state index contributed by atoms with van der Waals surface area (Å²) in [5, 5.41) is 10.8. The number of carbonyl (C=O) groups excluding carboxylic acids is 1.